The summed E-state index contributed by atoms with van der Waals surface area (Å²) in [6.45, 7) is 9.45. The molecule has 102 valence electrons. The van der Waals surface area contributed by atoms with Gasteiger partial charge in [-0.15, -0.1) is 0 Å². The molecule has 0 aromatic heterocycles. The summed E-state index contributed by atoms with van der Waals surface area (Å²) in [6, 6.07) is 1.36. The molecule has 3 nitrogen and oxygen atoms in total. The van der Waals surface area contributed by atoms with Crippen molar-refractivity contribution in [2.24, 2.45) is 5.92 Å². The summed E-state index contributed by atoms with van der Waals surface area (Å²) in [7, 11) is 0. The lowest BCUT2D eigenvalue weighted by atomic mass is 9.89. The lowest BCUT2D eigenvalue weighted by Crippen LogP contribution is -2.40. The SMILES string of the molecule is C=C(C)CN(CC)C(=O)CC1CC2CCC(C1)N2. The van der Waals surface area contributed by atoms with E-state index in [2.05, 4.69) is 11.9 Å². The van der Waals surface area contributed by atoms with Gasteiger partial charge in [0.2, 0.25) is 5.91 Å². The van der Waals surface area contributed by atoms with Crippen molar-refractivity contribution in [1.82, 2.24) is 10.2 Å². The molecule has 3 heteroatoms. The molecule has 0 aromatic rings. The normalized spacial score (nSPS) is 30.2. The lowest BCUT2D eigenvalue weighted by Gasteiger charge is -2.30. The second kappa shape index (κ2) is 5.87. The zero-order chi connectivity index (χ0) is 13.1. The first-order valence-corrected chi connectivity index (χ1v) is 7.26. The summed E-state index contributed by atoms with van der Waals surface area (Å²) in [4.78, 5) is 14.2. The van der Waals surface area contributed by atoms with Gasteiger partial charge in [0.05, 0.1) is 0 Å². The maximum atomic E-state index is 12.3. The van der Waals surface area contributed by atoms with E-state index in [9.17, 15) is 4.79 Å². The van der Waals surface area contributed by atoms with Gasteiger partial charge < -0.3 is 10.2 Å². The van der Waals surface area contributed by atoms with Crippen LogP contribution >= 0.6 is 0 Å². The molecule has 2 heterocycles. The number of rotatable bonds is 5. The molecule has 18 heavy (non-hydrogen) atoms. The van der Waals surface area contributed by atoms with Crippen LogP contribution in [0.5, 0.6) is 0 Å². The van der Waals surface area contributed by atoms with Gasteiger partial charge in [-0.25, -0.2) is 0 Å². The van der Waals surface area contributed by atoms with Gasteiger partial charge in [0.25, 0.3) is 0 Å². The average molecular weight is 250 g/mol. The first kappa shape index (κ1) is 13.6. The Morgan fingerprint density at radius 2 is 1.94 bits per heavy atom. The van der Waals surface area contributed by atoms with Crippen LogP contribution in [0, 0.1) is 5.92 Å². The largest absolute Gasteiger partial charge is 0.339 e. The smallest absolute Gasteiger partial charge is 0.223 e. The van der Waals surface area contributed by atoms with Crippen molar-refractivity contribution in [2.45, 2.75) is 58.0 Å². The Morgan fingerprint density at radius 1 is 1.33 bits per heavy atom. The molecular formula is C15H26N2O. The third-order valence-electron chi connectivity index (χ3n) is 4.23. The molecule has 2 unspecified atom stereocenters. The van der Waals surface area contributed by atoms with E-state index >= 15 is 0 Å². The number of hydrogen-bond donors (Lipinski definition) is 1. The predicted octanol–water partition coefficient (Wildman–Crippen LogP) is 2.33. The molecule has 2 rings (SSSR count). The predicted molar refractivity (Wildman–Crippen MR) is 74.4 cm³/mol. The maximum absolute atomic E-state index is 12.3. The van der Waals surface area contributed by atoms with E-state index in [1.807, 2.05) is 18.7 Å². The molecule has 0 aromatic carbocycles. The van der Waals surface area contributed by atoms with Crippen LogP contribution in [0.2, 0.25) is 0 Å². The van der Waals surface area contributed by atoms with Crippen LogP contribution < -0.4 is 5.32 Å². The number of carbonyl (C=O) groups is 1. The summed E-state index contributed by atoms with van der Waals surface area (Å²) >= 11 is 0. The topological polar surface area (TPSA) is 32.3 Å². The van der Waals surface area contributed by atoms with Crippen molar-refractivity contribution in [3.8, 4) is 0 Å². The van der Waals surface area contributed by atoms with E-state index < -0.39 is 0 Å². The van der Waals surface area contributed by atoms with Crippen LogP contribution in [0.15, 0.2) is 12.2 Å². The summed E-state index contributed by atoms with van der Waals surface area (Å²) in [5.74, 6) is 0.905. The lowest BCUT2D eigenvalue weighted by molar-refractivity contribution is -0.131. The van der Waals surface area contributed by atoms with Crippen LogP contribution in [-0.2, 0) is 4.79 Å². The average Bonchev–Trinajstić information content (AvgIpc) is 2.65. The highest BCUT2D eigenvalue weighted by atomic mass is 16.2. The van der Waals surface area contributed by atoms with Crippen molar-refractivity contribution in [1.29, 1.82) is 0 Å². The van der Waals surface area contributed by atoms with Crippen molar-refractivity contribution < 1.29 is 4.79 Å². The summed E-state index contributed by atoms with van der Waals surface area (Å²) in [5.41, 5.74) is 1.07. The monoisotopic (exact) mass is 250 g/mol. The van der Waals surface area contributed by atoms with Crippen LogP contribution in [0.25, 0.3) is 0 Å². The maximum Gasteiger partial charge on any atom is 0.223 e. The fourth-order valence-electron chi connectivity index (χ4n) is 3.42. The van der Waals surface area contributed by atoms with Crippen molar-refractivity contribution >= 4 is 5.91 Å². The van der Waals surface area contributed by atoms with Crippen molar-refractivity contribution in [3.05, 3.63) is 12.2 Å². The minimum absolute atomic E-state index is 0.312. The number of amides is 1. The van der Waals surface area contributed by atoms with Gasteiger partial charge in [0.1, 0.15) is 0 Å². The Kier molecular flexibility index (Phi) is 4.44. The number of piperidine rings is 1. The van der Waals surface area contributed by atoms with Gasteiger partial charge in [-0.1, -0.05) is 12.2 Å². The number of nitrogens with zero attached hydrogens (tertiary/aromatic N) is 1. The highest BCUT2D eigenvalue weighted by Crippen LogP contribution is 2.32. The molecule has 2 atom stereocenters. The molecule has 1 N–H and O–H groups in total. The molecule has 2 aliphatic heterocycles. The van der Waals surface area contributed by atoms with E-state index in [-0.39, 0.29) is 0 Å². The van der Waals surface area contributed by atoms with Gasteiger partial charge >= 0.3 is 0 Å². The first-order valence-electron chi connectivity index (χ1n) is 7.26. The number of fused-ring (bicyclic) bond motifs is 2. The zero-order valence-corrected chi connectivity index (χ0v) is 11.7. The van der Waals surface area contributed by atoms with Gasteiger partial charge in [-0.05, 0) is 45.4 Å². The Bertz CT molecular complexity index is 314. The van der Waals surface area contributed by atoms with Crippen LogP contribution in [0.3, 0.4) is 0 Å². The quantitative estimate of drug-likeness (QED) is 0.760. The zero-order valence-electron chi connectivity index (χ0n) is 11.7. The third kappa shape index (κ3) is 3.35. The third-order valence-corrected chi connectivity index (χ3v) is 4.23. The highest BCUT2D eigenvalue weighted by molar-refractivity contribution is 5.76. The standard InChI is InChI=1S/C15H26N2O/c1-4-17(10-11(2)3)15(18)9-12-7-13-5-6-14(8-12)16-13/h12-14,16H,2,4-10H2,1,3H3. The minimum atomic E-state index is 0.312. The Morgan fingerprint density at radius 3 is 2.44 bits per heavy atom. The fraction of sp³-hybridized carbons (Fsp3) is 0.800. The second-order valence-corrected chi connectivity index (χ2v) is 6.04. The fourth-order valence-corrected chi connectivity index (χ4v) is 3.42. The van der Waals surface area contributed by atoms with Crippen LogP contribution in [-0.4, -0.2) is 36.0 Å². The van der Waals surface area contributed by atoms with Gasteiger partial charge in [-0.2, -0.15) is 0 Å². The molecule has 0 spiro atoms. The molecule has 0 aliphatic carbocycles. The Hall–Kier alpha value is -0.830. The summed E-state index contributed by atoms with van der Waals surface area (Å²) < 4.78 is 0. The van der Waals surface area contributed by atoms with E-state index in [1.165, 1.54) is 25.7 Å². The molecule has 2 aliphatic rings. The van der Waals surface area contributed by atoms with Gasteiger partial charge in [0, 0.05) is 31.6 Å². The number of likely N-dealkylation sites (N-methyl/N-ethyl adjacent to an activating group) is 1. The Labute approximate surface area is 111 Å². The number of nitrogens with one attached hydrogen (secondary N) is 1. The van der Waals surface area contributed by atoms with Gasteiger partial charge in [0.15, 0.2) is 0 Å². The van der Waals surface area contributed by atoms with Crippen molar-refractivity contribution in [3.63, 3.8) is 0 Å². The Balaban J connectivity index is 1.84. The molecule has 2 fully saturated rings. The van der Waals surface area contributed by atoms with Crippen LogP contribution in [0.4, 0.5) is 0 Å². The van der Waals surface area contributed by atoms with E-state index in [4.69, 9.17) is 0 Å². The first-order chi connectivity index (χ1) is 8.58. The molecule has 2 bridgehead atoms. The van der Waals surface area contributed by atoms with Crippen molar-refractivity contribution in [2.75, 3.05) is 13.1 Å². The summed E-state index contributed by atoms with van der Waals surface area (Å²) in [6.07, 6.45) is 5.72. The van der Waals surface area contributed by atoms with E-state index in [0.29, 0.717) is 30.5 Å². The van der Waals surface area contributed by atoms with Gasteiger partial charge in [-0.3, -0.25) is 4.79 Å². The van der Waals surface area contributed by atoms with Crippen LogP contribution in [0.1, 0.15) is 46.0 Å². The highest BCUT2D eigenvalue weighted by Gasteiger charge is 2.34. The minimum Gasteiger partial charge on any atom is -0.339 e. The number of carbonyl (C=O) groups excluding carboxylic acids is 1. The molecular weight excluding hydrogens is 224 g/mol. The second-order valence-electron chi connectivity index (χ2n) is 6.04. The van der Waals surface area contributed by atoms with E-state index in [1.54, 1.807) is 0 Å². The van der Waals surface area contributed by atoms with E-state index in [0.717, 1.165) is 18.5 Å². The molecule has 2 saturated heterocycles. The number of hydrogen-bond acceptors (Lipinski definition) is 2. The summed E-state index contributed by atoms with van der Waals surface area (Å²) in [5, 5.41) is 3.63. The molecule has 0 radical (unpaired) electrons. The molecule has 1 amide bonds. The molecule has 0 saturated carbocycles.